The summed E-state index contributed by atoms with van der Waals surface area (Å²) < 4.78 is 6.18. The molecule has 4 heteroatoms. The van der Waals surface area contributed by atoms with E-state index < -0.39 is 0 Å². The maximum absolute atomic E-state index is 6.18. The van der Waals surface area contributed by atoms with Crippen molar-refractivity contribution in [2.24, 2.45) is 0 Å². The fourth-order valence-electron chi connectivity index (χ4n) is 4.93. The van der Waals surface area contributed by atoms with Crippen molar-refractivity contribution in [1.29, 1.82) is 0 Å². The predicted octanol–water partition coefficient (Wildman–Crippen LogP) is 9.59. The van der Waals surface area contributed by atoms with Gasteiger partial charge in [0.05, 0.1) is 0 Å². The van der Waals surface area contributed by atoms with Crippen LogP contribution in [0.15, 0.2) is 120 Å². The predicted molar refractivity (Wildman–Crippen MR) is 164 cm³/mol. The first kappa shape index (κ1) is 28.2. The molecule has 0 unspecified atom stereocenters. The zero-order valence-electron chi connectivity index (χ0n) is 23.1. The van der Waals surface area contributed by atoms with Gasteiger partial charge in [-0.15, -0.1) is 65.2 Å². The summed E-state index contributed by atoms with van der Waals surface area (Å²) in [5.74, 6) is 0. The summed E-state index contributed by atoms with van der Waals surface area (Å²) >= 11 is 0. The van der Waals surface area contributed by atoms with Gasteiger partial charge in [-0.2, -0.15) is 0 Å². The average molecular weight is 709 g/mol. The van der Waals surface area contributed by atoms with Crippen LogP contribution in [0.3, 0.4) is 0 Å². The number of nitrogens with zero attached hydrogens (tertiary/aromatic N) is 2. The average Bonchev–Trinajstić information content (AvgIpc) is 3.37. The Kier molecular flexibility index (Phi) is 8.54. The van der Waals surface area contributed by atoms with Crippen molar-refractivity contribution in [2.75, 3.05) is 0 Å². The molecule has 4 aromatic carbocycles. The van der Waals surface area contributed by atoms with Crippen LogP contribution in [0.2, 0.25) is 0 Å². The van der Waals surface area contributed by atoms with E-state index in [0.717, 1.165) is 66.8 Å². The summed E-state index contributed by atoms with van der Waals surface area (Å²) in [6, 6.07) is 43.3. The molecule has 0 saturated heterocycles. The second kappa shape index (κ2) is 12.4. The van der Waals surface area contributed by atoms with Crippen molar-refractivity contribution in [1.82, 2.24) is 9.97 Å². The van der Waals surface area contributed by atoms with Gasteiger partial charge < -0.3 is 14.4 Å². The number of pyridine rings is 2. The van der Waals surface area contributed by atoms with E-state index in [9.17, 15) is 0 Å². The molecule has 0 fully saturated rings. The summed E-state index contributed by atoms with van der Waals surface area (Å²) in [5.41, 5.74) is 11.5. The van der Waals surface area contributed by atoms with Crippen molar-refractivity contribution in [3.05, 3.63) is 144 Å². The quantitative estimate of drug-likeness (QED) is 0.172. The molecule has 0 atom stereocenters. The molecular formula is C37H28IrN2O-2. The Hall–Kier alpha value is -4.37. The third-order valence-electron chi connectivity index (χ3n) is 6.90. The first-order valence-corrected chi connectivity index (χ1v) is 13.3. The molecular weight excluding hydrogens is 681 g/mol. The van der Waals surface area contributed by atoms with Crippen LogP contribution in [0.4, 0.5) is 0 Å². The van der Waals surface area contributed by atoms with Gasteiger partial charge in [-0.1, -0.05) is 72.6 Å². The van der Waals surface area contributed by atoms with Crippen molar-refractivity contribution in [2.45, 2.75) is 20.8 Å². The number of hydrogen-bond donors (Lipinski definition) is 0. The van der Waals surface area contributed by atoms with Crippen molar-refractivity contribution >= 4 is 21.9 Å². The van der Waals surface area contributed by atoms with Gasteiger partial charge in [-0.25, -0.2) is 0 Å². The fourth-order valence-corrected chi connectivity index (χ4v) is 4.93. The molecule has 0 N–H and O–H groups in total. The Balaban J connectivity index is 0.000000192. The van der Waals surface area contributed by atoms with E-state index in [-0.39, 0.29) is 20.1 Å². The minimum atomic E-state index is 0. The smallest absolute Gasteiger partial charge is 0.141 e. The first-order chi connectivity index (χ1) is 19.6. The molecule has 3 heterocycles. The Morgan fingerprint density at radius 3 is 2.29 bits per heavy atom. The van der Waals surface area contributed by atoms with Gasteiger partial charge in [0.2, 0.25) is 0 Å². The number of para-hydroxylation sites is 2. The van der Waals surface area contributed by atoms with E-state index in [1.807, 2.05) is 73.8 Å². The van der Waals surface area contributed by atoms with Crippen LogP contribution in [0.1, 0.15) is 16.8 Å². The second-order valence-electron chi connectivity index (χ2n) is 9.88. The molecule has 0 saturated carbocycles. The second-order valence-corrected chi connectivity index (χ2v) is 9.88. The normalized spacial score (nSPS) is 10.6. The minimum Gasteiger partial charge on any atom is -0.455 e. The summed E-state index contributed by atoms with van der Waals surface area (Å²) in [7, 11) is 0. The van der Waals surface area contributed by atoms with Crippen LogP contribution in [0.25, 0.3) is 55.6 Å². The SMILES string of the molecule is Cc1cc[c-]c(-c2cccc(C)n2)c1.Cc1cccnc1-c1[c-]ccc(-c2cccc3c2oc2ccccc23)c1.[Ir]. The third-order valence-corrected chi connectivity index (χ3v) is 6.90. The molecule has 7 aromatic rings. The van der Waals surface area contributed by atoms with Gasteiger partial charge in [0.1, 0.15) is 11.2 Å². The van der Waals surface area contributed by atoms with Crippen LogP contribution >= 0.6 is 0 Å². The van der Waals surface area contributed by atoms with E-state index >= 15 is 0 Å². The summed E-state index contributed by atoms with van der Waals surface area (Å²) in [4.78, 5) is 8.98. The van der Waals surface area contributed by atoms with Crippen LogP contribution in [0.5, 0.6) is 0 Å². The standard InChI is InChI=1S/C24H16NO.C13H12N.Ir/c1-16-7-6-14-25-23(16)18-9-4-8-17(15-18)19-11-5-12-21-20-10-2-3-13-22(20)26-24(19)21;1-10-5-3-7-12(9-10)13-8-4-6-11(2)14-13;/h2-8,10-15H,1H3;3-6,8-9H,1-2H3;/q2*-1;. The van der Waals surface area contributed by atoms with Crippen molar-refractivity contribution in [3.63, 3.8) is 0 Å². The fraction of sp³-hybridized carbons (Fsp3) is 0.0811. The number of aryl methyl sites for hydroxylation is 3. The Morgan fingerprint density at radius 2 is 1.46 bits per heavy atom. The van der Waals surface area contributed by atoms with Crippen molar-refractivity contribution < 1.29 is 24.5 Å². The molecule has 0 spiro atoms. The summed E-state index contributed by atoms with van der Waals surface area (Å²) in [5, 5.41) is 2.29. The number of hydrogen-bond acceptors (Lipinski definition) is 3. The summed E-state index contributed by atoms with van der Waals surface area (Å²) in [6.07, 6.45) is 1.82. The number of rotatable bonds is 3. The molecule has 7 rings (SSSR count). The largest absolute Gasteiger partial charge is 0.455 e. The number of furan rings is 1. The molecule has 0 bridgehead atoms. The van der Waals surface area contributed by atoms with Crippen molar-refractivity contribution in [3.8, 4) is 33.6 Å². The molecule has 0 aliphatic carbocycles. The minimum absolute atomic E-state index is 0. The van der Waals surface area contributed by atoms with Crippen LogP contribution in [-0.4, -0.2) is 9.97 Å². The Labute approximate surface area is 254 Å². The number of benzene rings is 4. The Bertz CT molecular complexity index is 1910. The van der Waals surface area contributed by atoms with E-state index in [1.165, 1.54) is 5.56 Å². The van der Waals surface area contributed by atoms with E-state index in [4.69, 9.17) is 4.42 Å². The number of aromatic nitrogens is 2. The van der Waals surface area contributed by atoms with Gasteiger partial charge in [-0.3, -0.25) is 0 Å². The van der Waals surface area contributed by atoms with Crippen LogP contribution < -0.4 is 0 Å². The van der Waals surface area contributed by atoms with Gasteiger partial charge in [-0.05, 0) is 43.4 Å². The maximum atomic E-state index is 6.18. The summed E-state index contributed by atoms with van der Waals surface area (Å²) in [6.45, 7) is 6.15. The molecule has 3 aromatic heterocycles. The first-order valence-electron chi connectivity index (χ1n) is 13.3. The Morgan fingerprint density at radius 1 is 0.683 bits per heavy atom. The monoisotopic (exact) mass is 709 g/mol. The van der Waals surface area contributed by atoms with E-state index in [1.54, 1.807) is 0 Å². The van der Waals surface area contributed by atoms with E-state index in [2.05, 4.69) is 84.5 Å². The molecule has 0 aliphatic heterocycles. The van der Waals surface area contributed by atoms with Crippen LogP contribution in [0, 0.1) is 32.9 Å². The molecule has 3 nitrogen and oxygen atoms in total. The number of fused-ring (bicyclic) bond motifs is 3. The van der Waals surface area contributed by atoms with Gasteiger partial charge in [0, 0.05) is 48.3 Å². The molecule has 0 aliphatic rings. The topological polar surface area (TPSA) is 38.9 Å². The molecule has 203 valence electrons. The van der Waals surface area contributed by atoms with Gasteiger partial charge in [0.25, 0.3) is 0 Å². The van der Waals surface area contributed by atoms with E-state index in [0.29, 0.717) is 0 Å². The molecule has 41 heavy (non-hydrogen) atoms. The van der Waals surface area contributed by atoms with Gasteiger partial charge in [0.15, 0.2) is 0 Å². The molecule has 0 amide bonds. The zero-order valence-corrected chi connectivity index (χ0v) is 25.5. The zero-order chi connectivity index (χ0) is 27.5. The maximum Gasteiger partial charge on any atom is 0.141 e. The third kappa shape index (κ3) is 6.05. The molecule has 1 radical (unpaired) electrons. The van der Waals surface area contributed by atoms with Crippen LogP contribution in [-0.2, 0) is 20.1 Å². The van der Waals surface area contributed by atoms with Gasteiger partial charge >= 0.3 is 0 Å².